The average Bonchev–Trinajstić information content (AvgIpc) is 3.72. The Bertz CT molecular complexity index is 2800. The molecule has 10 rings (SSSR count). The molecule has 234 valence electrons. The van der Waals surface area contributed by atoms with Gasteiger partial charge in [-0.2, -0.15) is 9.97 Å². The quantitative estimate of drug-likeness (QED) is 0.188. The topological polar surface area (TPSA) is 48.5 Å². The summed E-state index contributed by atoms with van der Waals surface area (Å²) >= 11 is 0. The summed E-state index contributed by atoms with van der Waals surface area (Å²) in [6.45, 7) is 0. The molecule has 0 aliphatic heterocycles. The van der Waals surface area contributed by atoms with Crippen LogP contribution in [0.1, 0.15) is 0 Å². The maximum Gasteiger partial charge on any atom is 0.238 e. The predicted molar refractivity (Wildman–Crippen MR) is 205 cm³/mol. The van der Waals surface area contributed by atoms with Crippen LogP contribution in [-0.2, 0) is 0 Å². The van der Waals surface area contributed by atoms with Crippen molar-refractivity contribution < 1.29 is 0 Å². The minimum Gasteiger partial charge on any atom is -0.309 e. The second-order valence-electron chi connectivity index (χ2n) is 12.5. The fourth-order valence-corrected chi connectivity index (χ4v) is 7.35. The van der Waals surface area contributed by atoms with Crippen molar-refractivity contribution >= 4 is 43.6 Å². The Morgan fingerprint density at radius 1 is 0.340 bits per heavy atom. The summed E-state index contributed by atoms with van der Waals surface area (Å²) in [5.74, 6) is 1.85. The summed E-state index contributed by atoms with van der Waals surface area (Å²) in [7, 11) is 0. The molecule has 0 radical (unpaired) electrons. The number of nitrogens with zero attached hydrogens (tertiary/aromatic N) is 5. The minimum absolute atomic E-state index is 0.583. The first-order chi connectivity index (χ1) is 24.8. The van der Waals surface area contributed by atoms with Crippen molar-refractivity contribution in [2.75, 3.05) is 0 Å². The van der Waals surface area contributed by atoms with E-state index in [1.165, 1.54) is 16.5 Å². The van der Waals surface area contributed by atoms with Gasteiger partial charge in [0, 0.05) is 38.4 Å². The van der Waals surface area contributed by atoms with Crippen molar-refractivity contribution in [1.82, 2.24) is 24.1 Å². The first-order valence-corrected chi connectivity index (χ1v) is 16.8. The molecular weight excluding hydrogens is 611 g/mol. The van der Waals surface area contributed by atoms with Crippen molar-refractivity contribution in [1.29, 1.82) is 0 Å². The van der Waals surface area contributed by atoms with Crippen LogP contribution >= 0.6 is 0 Å². The van der Waals surface area contributed by atoms with E-state index in [1.54, 1.807) is 0 Å². The standard InChI is InChI=1S/C45H29N5/c1-4-15-30(16-5-1)33-21-14-22-34(29-33)49-39-26-13-11-24-37(39)41-40(49)28-27-36-35-23-10-12-25-38(35)50(42(36)41)45-47-43(31-17-6-2-7-18-31)46-44(48-45)32-19-8-3-9-20-32/h1-29H. The normalized spacial score (nSPS) is 11.6. The lowest BCUT2D eigenvalue weighted by atomic mass is 10.1. The number of hydrogen-bond donors (Lipinski definition) is 0. The average molecular weight is 640 g/mol. The van der Waals surface area contributed by atoms with Crippen molar-refractivity contribution in [2.45, 2.75) is 0 Å². The third-order valence-corrected chi connectivity index (χ3v) is 9.57. The summed E-state index contributed by atoms with van der Waals surface area (Å²) in [5, 5.41) is 4.62. The van der Waals surface area contributed by atoms with Crippen molar-refractivity contribution in [3.8, 4) is 45.5 Å². The largest absolute Gasteiger partial charge is 0.309 e. The molecule has 0 amide bonds. The molecule has 0 spiro atoms. The third-order valence-electron chi connectivity index (χ3n) is 9.57. The van der Waals surface area contributed by atoms with E-state index >= 15 is 0 Å². The molecule has 0 bridgehead atoms. The fourth-order valence-electron chi connectivity index (χ4n) is 7.35. The smallest absolute Gasteiger partial charge is 0.238 e. The van der Waals surface area contributed by atoms with Crippen molar-refractivity contribution in [2.24, 2.45) is 0 Å². The number of hydrogen-bond acceptors (Lipinski definition) is 3. The van der Waals surface area contributed by atoms with Gasteiger partial charge in [0.25, 0.3) is 0 Å². The molecule has 0 aliphatic carbocycles. The van der Waals surface area contributed by atoms with Crippen LogP contribution in [-0.4, -0.2) is 24.1 Å². The second kappa shape index (κ2) is 11.4. The molecule has 5 heteroatoms. The number of fused-ring (bicyclic) bond motifs is 7. The fraction of sp³-hybridized carbons (Fsp3) is 0. The zero-order valence-electron chi connectivity index (χ0n) is 27.0. The maximum atomic E-state index is 5.20. The third kappa shape index (κ3) is 4.45. The van der Waals surface area contributed by atoms with Gasteiger partial charge in [-0.3, -0.25) is 4.57 Å². The van der Waals surface area contributed by atoms with Gasteiger partial charge in [0.2, 0.25) is 5.95 Å². The van der Waals surface area contributed by atoms with Gasteiger partial charge in [0.1, 0.15) is 0 Å². The van der Waals surface area contributed by atoms with E-state index in [9.17, 15) is 0 Å². The number of rotatable bonds is 5. The molecule has 10 aromatic rings. The first kappa shape index (κ1) is 28.2. The van der Waals surface area contributed by atoms with Crippen LogP contribution in [0.3, 0.4) is 0 Å². The predicted octanol–water partition coefficient (Wildman–Crippen LogP) is 11.1. The molecule has 50 heavy (non-hydrogen) atoms. The van der Waals surface area contributed by atoms with E-state index in [-0.39, 0.29) is 0 Å². The van der Waals surface area contributed by atoms with Crippen LogP contribution in [0.2, 0.25) is 0 Å². The van der Waals surface area contributed by atoms with Gasteiger partial charge >= 0.3 is 0 Å². The summed E-state index contributed by atoms with van der Waals surface area (Å²) < 4.78 is 4.63. The number of benzene rings is 7. The summed E-state index contributed by atoms with van der Waals surface area (Å²) in [5.41, 5.74) is 9.73. The molecule has 0 fully saturated rings. The Hall–Kier alpha value is -6.85. The zero-order valence-corrected chi connectivity index (χ0v) is 27.0. The Morgan fingerprint density at radius 2 is 0.880 bits per heavy atom. The van der Waals surface area contributed by atoms with E-state index in [2.05, 4.69) is 149 Å². The highest BCUT2D eigenvalue weighted by molar-refractivity contribution is 6.26. The van der Waals surface area contributed by atoms with E-state index < -0.39 is 0 Å². The molecule has 0 saturated heterocycles. The van der Waals surface area contributed by atoms with Crippen LogP contribution < -0.4 is 0 Å². The van der Waals surface area contributed by atoms with Crippen LogP contribution in [0, 0.1) is 0 Å². The highest BCUT2D eigenvalue weighted by atomic mass is 15.2. The zero-order chi connectivity index (χ0) is 33.0. The van der Waals surface area contributed by atoms with Crippen LogP contribution in [0.15, 0.2) is 176 Å². The highest BCUT2D eigenvalue weighted by Gasteiger charge is 2.23. The lowest BCUT2D eigenvalue weighted by Gasteiger charge is -2.12. The summed E-state index contributed by atoms with van der Waals surface area (Å²) in [6.07, 6.45) is 0. The van der Waals surface area contributed by atoms with E-state index in [0.29, 0.717) is 17.6 Å². The Morgan fingerprint density at radius 3 is 1.54 bits per heavy atom. The lowest BCUT2D eigenvalue weighted by molar-refractivity contribution is 0.955. The van der Waals surface area contributed by atoms with Crippen LogP contribution in [0.5, 0.6) is 0 Å². The van der Waals surface area contributed by atoms with Gasteiger partial charge in [-0.05, 0) is 41.5 Å². The van der Waals surface area contributed by atoms with Gasteiger partial charge in [-0.25, -0.2) is 4.98 Å². The van der Waals surface area contributed by atoms with Crippen molar-refractivity contribution in [3.05, 3.63) is 176 Å². The van der Waals surface area contributed by atoms with Gasteiger partial charge in [-0.15, -0.1) is 0 Å². The van der Waals surface area contributed by atoms with E-state index in [4.69, 9.17) is 15.0 Å². The molecule has 0 saturated carbocycles. The first-order valence-electron chi connectivity index (χ1n) is 16.8. The molecule has 7 aromatic carbocycles. The number of aromatic nitrogens is 5. The van der Waals surface area contributed by atoms with E-state index in [0.717, 1.165) is 55.0 Å². The molecule has 5 nitrogen and oxygen atoms in total. The van der Waals surface area contributed by atoms with Gasteiger partial charge < -0.3 is 4.57 Å². The molecule has 3 heterocycles. The number of para-hydroxylation sites is 2. The molecule has 0 aliphatic rings. The van der Waals surface area contributed by atoms with Gasteiger partial charge in [0.05, 0.1) is 22.1 Å². The van der Waals surface area contributed by atoms with Crippen LogP contribution in [0.25, 0.3) is 89.2 Å². The van der Waals surface area contributed by atoms with Gasteiger partial charge in [0.15, 0.2) is 11.6 Å². The molecule has 0 N–H and O–H groups in total. The molecular formula is C45H29N5. The van der Waals surface area contributed by atoms with E-state index in [1.807, 2.05) is 36.4 Å². The summed E-state index contributed by atoms with van der Waals surface area (Å²) in [6, 6.07) is 61.4. The molecule has 0 unspecified atom stereocenters. The second-order valence-corrected chi connectivity index (χ2v) is 12.5. The monoisotopic (exact) mass is 639 g/mol. The Balaban J connectivity index is 1.32. The minimum atomic E-state index is 0.583. The molecule has 0 atom stereocenters. The van der Waals surface area contributed by atoms with Gasteiger partial charge in [-0.1, -0.05) is 146 Å². The Kier molecular flexibility index (Phi) is 6.42. The lowest BCUT2D eigenvalue weighted by Crippen LogP contribution is -2.06. The maximum absolute atomic E-state index is 5.20. The van der Waals surface area contributed by atoms with Crippen LogP contribution in [0.4, 0.5) is 0 Å². The SMILES string of the molecule is c1ccc(-c2cccc(-n3c4ccccc4c4c3ccc3c5ccccc5n(-c5nc(-c6ccccc6)nc(-c6ccccc6)n5)c34)c2)cc1. The summed E-state index contributed by atoms with van der Waals surface area (Å²) in [4.78, 5) is 15.4. The Labute approximate surface area is 288 Å². The molecule has 3 aromatic heterocycles. The highest BCUT2D eigenvalue weighted by Crippen LogP contribution is 2.42. The van der Waals surface area contributed by atoms with Crippen molar-refractivity contribution in [3.63, 3.8) is 0 Å².